The van der Waals surface area contributed by atoms with E-state index in [0.29, 0.717) is 31.4 Å². The number of anilines is 1. The molecule has 4 N–H and O–H groups in total. The lowest BCUT2D eigenvalue weighted by Crippen LogP contribution is -2.28. The fraction of sp³-hybridized carbons (Fsp3) is 0.400. The van der Waals surface area contributed by atoms with Gasteiger partial charge < -0.3 is 15.8 Å². The van der Waals surface area contributed by atoms with Crippen LogP contribution in [0.15, 0.2) is 24.3 Å². The normalized spacial score (nSPS) is 15.0. The predicted molar refractivity (Wildman–Crippen MR) is 89.1 cm³/mol. The number of halogens is 1. The van der Waals surface area contributed by atoms with Gasteiger partial charge in [-0.25, -0.2) is 4.98 Å². The number of rotatable bonds is 4. The van der Waals surface area contributed by atoms with Crippen molar-refractivity contribution >= 4 is 24.0 Å². The molecule has 0 atom stereocenters. The number of nitrogens with one attached hydrogen (secondary N) is 2. The van der Waals surface area contributed by atoms with E-state index in [1.165, 1.54) is 0 Å². The zero-order chi connectivity index (χ0) is 15.4. The van der Waals surface area contributed by atoms with E-state index in [1.54, 1.807) is 0 Å². The molecule has 2 heterocycles. The summed E-state index contributed by atoms with van der Waals surface area (Å²) in [6.45, 7) is 1.64. The summed E-state index contributed by atoms with van der Waals surface area (Å²) in [5.41, 5.74) is 7.15. The standard InChI is InChI=1S/C15H19N5O2.ClH/c16-9-13-18-14(20-19-13)10-1-3-12(4-2-10)17-15(21)11-5-7-22-8-6-11;/h1-4,11H,5-9,16H2,(H,17,21)(H,18,19,20);1H. The van der Waals surface area contributed by atoms with Crippen LogP contribution in [0.3, 0.4) is 0 Å². The van der Waals surface area contributed by atoms with Crippen molar-refractivity contribution in [3.63, 3.8) is 0 Å². The summed E-state index contributed by atoms with van der Waals surface area (Å²) in [7, 11) is 0. The molecule has 1 aliphatic rings. The molecule has 124 valence electrons. The number of benzene rings is 1. The molecule has 0 spiro atoms. The molecule has 0 unspecified atom stereocenters. The fourth-order valence-electron chi connectivity index (χ4n) is 2.42. The number of amides is 1. The van der Waals surface area contributed by atoms with Crippen LogP contribution in [0.4, 0.5) is 5.69 Å². The summed E-state index contributed by atoms with van der Waals surface area (Å²) in [5, 5.41) is 9.82. The lowest BCUT2D eigenvalue weighted by atomic mass is 9.99. The Morgan fingerprint density at radius 3 is 2.61 bits per heavy atom. The van der Waals surface area contributed by atoms with Gasteiger partial charge in [-0.15, -0.1) is 12.4 Å². The summed E-state index contributed by atoms with van der Waals surface area (Å²) < 4.78 is 5.27. The smallest absolute Gasteiger partial charge is 0.227 e. The highest BCUT2D eigenvalue weighted by Crippen LogP contribution is 2.20. The second kappa shape index (κ2) is 8.05. The molecule has 1 aromatic heterocycles. The third-order valence-corrected chi connectivity index (χ3v) is 3.73. The second-order valence-electron chi connectivity index (χ2n) is 5.26. The van der Waals surface area contributed by atoms with E-state index in [0.717, 1.165) is 24.1 Å². The van der Waals surface area contributed by atoms with E-state index in [4.69, 9.17) is 10.5 Å². The average Bonchev–Trinajstić information content (AvgIpc) is 3.05. The molecule has 1 amide bonds. The van der Waals surface area contributed by atoms with Crippen LogP contribution < -0.4 is 11.1 Å². The molecule has 2 aromatic rings. The van der Waals surface area contributed by atoms with E-state index in [1.807, 2.05) is 24.3 Å². The molecular weight excluding hydrogens is 318 g/mol. The number of carbonyl (C=O) groups is 1. The van der Waals surface area contributed by atoms with E-state index < -0.39 is 0 Å². The van der Waals surface area contributed by atoms with Crippen LogP contribution in [0.2, 0.25) is 0 Å². The Morgan fingerprint density at radius 1 is 1.30 bits per heavy atom. The third-order valence-electron chi connectivity index (χ3n) is 3.73. The first-order valence-electron chi connectivity index (χ1n) is 7.36. The van der Waals surface area contributed by atoms with Gasteiger partial charge in [-0.2, -0.15) is 5.10 Å². The van der Waals surface area contributed by atoms with Gasteiger partial charge in [-0.1, -0.05) is 0 Å². The summed E-state index contributed by atoms with van der Waals surface area (Å²) in [6.07, 6.45) is 1.56. The molecule has 0 saturated carbocycles. The molecule has 0 bridgehead atoms. The molecule has 0 aliphatic carbocycles. The molecular formula is C15H20ClN5O2. The van der Waals surface area contributed by atoms with Crippen molar-refractivity contribution in [3.8, 4) is 11.4 Å². The first-order valence-corrected chi connectivity index (χ1v) is 7.36. The second-order valence-corrected chi connectivity index (χ2v) is 5.26. The maximum absolute atomic E-state index is 12.2. The Balaban J connectivity index is 0.00000192. The number of aromatic nitrogens is 3. The lowest BCUT2D eigenvalue weighted by Gasteiger charge is -2.21. The van der Waals surface area contributed by atoms with Gasteiger partial charge >= 0.3 is 0 Å². The van der Waals surface area contributed by atoms with Crippen molar-refractivity contribution in [2.24, 2.45) is 11.7 Å². The quantitative estimate of drug-likeness (QED) is 0.787. The Hall–Kier alpha value is -1.96. The molecule has 1 saturated heterocycles. The number of nitrogens with zero attached hydrogens (tertiary/aromatic N) is 2. The van der Waals surface area contributed by atoms with Gasteiger partial charge in [-0.3, -0.25) is 9.89 Å². The number of ether oxygens (including phenoxy) is 1. The lowest BCUT2D eigenvalue weighted by molar-refractivity contribution is -0.122. The SMILES string of the molecule is Cl.NCc1nc(-c2ccc(NC(=O)C3CCOCC3)cc2)n[nH]1. The van der Waals surface area contributed by atoms with Crippen molar-refractivity contribution in [3.05, 3.63) is 30.1 Å². The van der Waals surface area contributed by atoms with E-state index in [-0.39, 0.29) is 24.2 Å². The highest BCUT2D eigenvalue weighted by molar-refractivity contribution is 5.92. The zero-order valence-electron chi connectivity index (χ0n) is 12.6. The van der Waals surface area contributed by atoms with E-state index in [9.17, 15) is 4.79 Å². The third kappa shape index (κ3) is 4.28. The highest BCUT2D eigenvalue weighted by atomic mass is 35.5. The van der Waals surface area contributed by atoms with Crippen molar-refractivity contribution in [2.75, 3.05) is 18.5 Å². The molecule has 7 nitrogen and oxygen atoms in total. The summed E-state index contributed by atoms with van der Waals surface area (Å²) in [6, 6.07) is 7.46. The number of hydrogen-bond donors (Lipinski definition) is 3. The minimum Gasteiger partial charge on any atom is -0.381 e. The Kier molecular flexibility index (Phi) is 6.09. The van der Waals surface area contributed by atoms with Crippen LogP contribution in [0.5, 0.6) is 0 Å². The van der Waals surface area contributed by atoms with Crippen LogP contribution >= 0.6 is 12.4 Å². The maximum Gasteiger partial charge on any atom is 0.227 e. The first-order chi connectivity index (χ1) is 10.8. The number of nitrogens with two attached hydrogens (primary N) is 1. The minimum absolute atomic E-state index is 0. The Labute approximate surface area is 140 Å². The summed E-state index contributed by atoms with van der Waals surface area (Å²) in [4.78, 5) is 16.4. The van der Waals surface area contributed by atoms with Crippen molar-refractivity contribution in [2.45, 2.75) is 19.4 Å². The van der Waals surface area contributed by atoms with Gasteiger partial charge in [0.15, 0.2) is 5.82 Å². The van der Waals surface area contributed by atoms with Gasteiger partial charge in [0.2, 0.25) is 5.91 Å². The molecule has 1 aromatic carbocycles. The van der Waals surface area contributed by atoms with Gasteiger partial charge in [0.05, 0.1) is 6.54 Å². The molecule has 1 aliphatic heterocycles. The fourth-order valence-corrected chi connectivity index (χ4v) is 2.42. The largest absolute Gasteiger partial charge is 0.381 e. The summed E-state index contributed by atoms with van der Waals surface area (Å²) in [5.74, 6) is 1.34. The average molecular weight is 338 g/mol. The molecule has 3 rings (SSSR count). The molecule has 1 fully saturated rings. The van der Waals surface area contributed by atoms with Crippen LogP contribution in [-0.4, -0.2) is 34.3 Å². The zero-order valence-corrected chi connectivity index (χ0v) is 13.4. The van der Waals surface area contributed by atoms with Gasteiger partial charge in [0.1, 0.15) is 5.82 Å². The Bertz CT molecular complexity index is 638. The van der Waals surface area contributed by atoms with Crippen molar-refractivity contribution in [1.82, 2.24) is 15.2 Å². The van der Waals surface area contributed by atoms with Crippen LogP contribution in [0.25, 0.3) is 11.4 Å². The predicted octanol–water partition coefficient (Wildman–Crippen LogP) is 1.72. The summed E-state index contributed by atoms with van der Waals surface area (Å²) >= 11 is 0. The van der Waals surface area contributed by atoms with Crippen molar-refractivity contribution in [1.29, 1.82) is 0 Å². The topological polar surface area (TPSA) is 106 Å². The van der Waals surface area contributed by atoms with Crippen LogP contribution in [0, 0.1) is 5.92 Å². The molecule has 0 radical (unpaired) electrons. The van der Waals surface area contributed by atoms with Gasteiger partial charge in [0.25, 0.3) is 0 Å². The first kappa shape index (κ1) is 17.4. The van der Waals surface area contributed by atoms with Crippen LogP contribution in [-0.2, 0) is 16.1 Å². The van der Waals surface area contributed by atoms with Gasteiger partial charge in [-0.05, 0) is 37.1 Å². The number of aromatic amines is 1. The van der Waals surface area contributed by atoms with Crippen molar-refractivity contribution < 1.29 is 9.53 Å². The van der Waals surface area contributed by atoms with E-state index in [2.05, 4.69) is 20.5 Å². The van der Waals surface area contributed by atoms with Crippen LogP contribution in [0.1, 0.15) is 18.7 Å². The molecule has 8 heteroatoms. The van der Waals surface area contributed by atoms with Gasteiger partial charge in [0, 0.05) is 30.4 Å². The number of H-pyrrole nitrogens is 1. The highest BCUT2D eigenvalue weighted by Gasteiger charge is 2.21. The number of carbonyl (C=O) groups excluding carboxylic acids is 1. The number of hydrogen-bond acceptors (Lipinski definition) is 5. The minimum atomic E-state index is 0. The molecule has 23 heavy (non-hydrogen) atoms. The maximum atomic E-state index is 12.2. The Morgan fingerprint density at radius 2 is 2.00 bits per heavy atom. The van der Waals surface area contributed by atoms with E-state index >= 15 is 0 Å². The monoisotopic (exact) mass is 337 g/mol.